The Labute approximate surface area is 159 Å². The van der Waals surface area contributed by atoms with Gasteiger partial charge in [-0.15, -0.1) is 5.10 Å². The van der Waals surface area contributed by atoms with E-state index >= 15 is 0 Å². The fourth-order valence-corrected chi connectivity index (χ4v) is 2.79. The van der Waals surface area contributed by atoms with Crippen LogP contribution < -0.4 is 16.4 Å². The molecule has 0 atom stereocenters. The van der Waals surface area contributed by atoms with Crippen LogP contribution in [0.4, 0.5) is 5.95 Å². The normalized spacial score (nSPS) is 10.8. The number of benzene rings is 2. The van der Waals surface area contributed by atoms with Gasteiger partial charge in [0.05, 0.1) is 22.8 Å². The number of anilines is 1. The number of rotatable bonds is 5. The van der Waals surface area contributed by atoms with E-state index in [0.717, 1.165) is 5.69 Å². The van der Waals surface area contributed by atoms with E-state index in [4.69, 9.17) is 0 Å². The number of amides is 1. The first kappa shape index (κ1) is 17.4. The highest BCUT2D eigenvalue weighted by Gasteiger charge is 2.14. The zero-order valence-corrected chi connectivity index (χ0v) is 15.0. The molecule has 9 heteroatoms. The van der Waals surface area contributed by atoms with E-state index in [9.17, 15) is 9.59 Å². The third-order valence-electron chi connectivity index (χ3n) is 4.18. The first-order valence-electron chi connectivity index (χ1n) is 8.71. The van der Waals surface area contributed by atoms with Gasteiger partial charge in [0.25, 0.3) is 11.5 Å². The number of para-hydroxylation sites is 2. The largest absolute Gasteiger partial charge is 0.291 e. The molecule has 0 bridgehead atoms. The highest BCUT2D eigenvalue weighted by Crippen LogP contribution is 2.10. The first-order chi connectivity index (χ1) is 13.7. The third kappa shape index (κ3) is 3.20. The number of aromatic nitrogens is 5. The van der Waals surface area contributed by atoms with Crippen molar-refractivity contribution in [3.63, 3.8) is 0 Å². The van der Waals surface area contributed by atoms with Crippen LogP contribution in [0, 0.1) is 0 Å². The SMILES string of the molecule is CCn1c(NNC(=O)c2cnn(-c3ccccc3)n2)nc2ccccc2c1=O. The van der Waals surface area contributed by atoms with Crippen molar-refractivity contribution in [2.75, 3.05) is 5.43 Å². The second-order valence-electron chi connectivity index (χ2n) is 5.94. The molecule has 0 aliphatic carbocycles. The Morgan fingerprint density at radius 1 is 1.07 bits per heavy atom. The average molecular weight is 375 g/mol. The number of carbonyl (C=O) groups is 1. The second-order valence-corrected chi connectivity index (χ2v) is 5.94. The molecule has 2 aromatic heterocycles. The summed E-state index contributed by atoms with van der Waals surface area (Å²) in [4.78, 5) is 30.8. The van der Waals surface area contributed by atoms with Crippen LogP contribution >= 0.6 is 0 Å². The maximum atomic E-state index is 12.6. The van der Waals surface area contributed by atoms with Gasteiger partial charge >= 0.3 is 0 Å². The summed E-state index contributed by atoms with van der Waals surface area (Å²) in [7, 11) is 0. The van der Waals surface area contributed by atoms with E-state index in [1.54, 1.807) is 24.3 Å². The molecule has 0 spiro atoms. The van der Waals surface area contributed by atoms with E-state index < -0.39 is 5.91 Å². The molecule has 140 valence electrons. The van der Waals surface area contributed by atoms with Crippen molar-refractivity contribution in [2.45, 2.75) is 13.5 Å². The molecule has 28 heavy (non-hydrogen) atoms. The quantitative estimate of drug-likeness (QED) is 0.515. The lowest BCUT2D eigenvalue weighted by molar-refractivity contribution is 0.0956. The minimum absolute atomic E-state index is 0.127. The summed E-state index contributed by atoms with van der Waals surface area (Å²) >= 11 is 0. The Balaban J connectivity index is 1.56. The second kappa shape index (κ2) is 7.31. The van der Waals surface area contributed by atoms with Gasteiger partial charge < -0.3 is 0 Å². The number of hydrogen-bond acceptors (Lipinski definition) is 6. The average Bonchev–Trinajstić information content (AvgIpc) is 3.23. The fourth-order valence-electron chi connectivity index (χ4n) is 2.79. The van der Waals surface area contributed by atoms with Crippen molar-refractivity contribution in [3.05, 3.63) is 76.8 Å². The van der Waals surface area contributed by atoms with Crippen LogP contribution in [0.2, 0.25) is 0 Å². The zero-order valence-electron chi connectivity index (χ0n) is 15.0. The van der Waals surface area contributed by atoms with Gasteiger partial charge in [0.1, 0.15) is 0 Å². The first-order valence-corrected chi connectivity index (χ1v) is 8.71. The molecule has 2 aromatic carbocycles. The molecule has 0 saturated carbocycles. The van der Waals surface area contributed by atoms with E-state index in [0.29, 0.717) is 17.4 Å². The monoisotopic (exact) mass is 375 g/mol. The maximum absolute atomic E-state index is 12.6. The van der Waals surface area contributed by atoms with Crippen molar-refractivity contribution >= 4 is 22.8 Å². The number of hydrogen-bond donors (Lipinski definition) is 2. The summed E-state index contributed by atoms with van der Waals surface area (Å²) in [6, 6.07) is 16.3. The molecule has 2 heterocycles. The number of fused-ring (bicyclic) bond motifs is 1. The van der Waals surface area contributed by atoms with Crippen molar-refractivity contribution in [2.24, 2.45) is 0 Å². The number of hydrazine groups is 1. The Morgan fingerprint density at radius 3 is 2.61 bits per heavy atom. The molecular weight excluding hydrogens is 358 g/mol. The lowest BCUT2D eigenvalue weighted by Crippen LogP contribution is -2.34. The Bertz CT molecular complexity index is 1200. The van der Waals surface area contributed by atoms with Gasteiger partial charge in [0.2, 0.25) is 5.95 Å². The topological polar surface area (TPSA) is 107 Å². The van der Waals surface area contributed by atoms with Gasteiger partial charge in [0.15, 0.2) is 5.69 Å². The number of carbonyl (C=O) groups excluding carboxylic acids is 1. The van der Waals surface area contributed by atoms with Crippen LogP contribution in [-0.4, -0.2) is 30.5 Å². The summed E-state index contributed by atoms with van der Waals surface area (Å²) in [5, 5.41) is 8.79. The summed E-state index contributed by atoms with van der Waals surface area (Å²) in [5.41, 5.74) is 6.47. The number of nitrogens with one attached hydrogen (secondary N) is 2. The molecule has 4 aromatic rings. The van der Waals surface area contributed by atoms with Crippen LogP contribution in [0.25, 0.3) is 16.6 Å². The van der Waals surface area contributed by atoms with Gasteiger partial charge in [-0.2, -0.15) is 9.90 Å². The van der Waals surface area contributed by atoms with Crippen LogP contribution in [0.15, 0.2) is 65.6 Å². The third-order valence-corrected chi connectivity index (χ3v) is 4.18. The highest BCUT2D eigenvalue weighted by molar-refractivity contribution is 5.92. The molecule has 0 radical (unpaired) electrons. The Morgan fingerprint density at radius 2 is 1.82 bits per heavy atom. The van der Waals surface area contributed by atoms with Crippen molar-refractivity contribution in [1.82, 2.24) is 30.0 Å². The summed E-state index contributed by atoms with van der Waals surface area (Å²) in [5.74, 6) is -0.248. The van der Waals surface area contributed by atoms with Gasteiger partial charge in [-0.1, -0.05) is 30.3 Å². The summed E-state index contributed by atoms with van der Waals surface area (Å²) in [6.07, 6.45) is 1.37. The van der Waals surface area contributed by atoms with Crippen LogP contribution in [0.3, 0.4) is 0 Å². The zero-order chi connectivity index (χ0) is 19.5. The molecule has 0 saturated heterocycles. The fraction of sp³-hybridized carbons (Fsp3) is 0.105. The minimum atomic E-state index is -0.493. The Kier molecular flexibility index (Phi) is 4.55. The molecule has 1 amide bonds. The molecular formula is C19H17N7O2. The van der Waals surface area contributed by atoms with Crippen molar-refractivity contribution < 1.29 is 4.79 Å². The van der Waals surface area contributed by atoms with Gasteiger partial charge in [-0.05, 0) is 31.2 Å². The van der Waals surface area contributed by atoms with E-state index in [1.807, 2.05) is 37.3 Å². The van der Waals surface area contributed by atoms with Crippen molar-refractivity contribution in [3.8, 4) is 5.69 Å². The lowest BCUT2D eigenvalue weighted by atomic mass is 10.2. The highest BCUT2D eigenvalue weighted by atomic mass is 16.2. The van der Waals surface area contributed by atoms with Crippen LogP contribution in [0.5, 0.6) is 0 Å². The lowest BCUT2D eigenvalue weighted by Gasteiger charge is -2.13. The van der Waals surface area contributed by atoms with Gasteiger partial charge in [-0.3, -0.25) is 25.0 Å². The maximum Gasteiger partial charge on any atom is 0.291 e. The van der Waals surface area contributed by atoms with Crippen molar-refractivity contribution in [1.29, 1.82) is 0 Å². The standard InChI is InChI=1S/C19H17N7O2/c1-2-25-18(28)14-10-6-7-11-15(14)21-19(25)23-22-17(27)16-12-20-26(24-16)13-8-4-3-5-9-13/h3-12H,2H2,1H3,(H,21,23)(H,22,27). The summed E-state index contributed by atoms with van der Waals surface area (Å²) in [6.45, 7) is 2.23. The van der Waals surface area contributed by atoms with E-state index in [-0.39, 0.29) is 17.2 Å². The predicted octanol–water partition coefficient (Wildman–Crippen LogP) is 1.75. The molecule has 0 aliphatic heterocycles. The molecule has 0 fully saturated rings. The molecule has 0 unspecified atom stereocenters. The summed E-state index contributed by atoms with van der Waals surface area (Å²) < 4.78 is 1.45. The predicted molar refractivity (Wildman–Crippen MR) is 104 cm³/mol. The van der Waals surface area contributed by atoms with Crippen LogP contribution in [0.1, 0.15) is 17.4 Å². The molecule has 9 nitrogen and oxygen atoms in total. The van der Waals surface area contributed by atoms with Crippen LogP contribution in [-0.2, 0) is 6.54 Å². The Hall–Kier alpha value is -4.01. The van der Waals surface area contributed by atoms with Gasteiger partial charge in [0, 0.05) is 6.54 Å². The molecule has 2 N–H and O–H groups in total. The number of nitrogens with zero attached hydrogens (tertiary/aromatic N) is 5. The van der Waals surface area contributed by atoms with E-state index in [2.05, 4.69) is 26.0 Å². The minimum Gasteiger partial charge on any atom is -0.277 e. The molecule has 0 aliphatic rings. The van der Waals surface area contributed by atoms with E-state index in [1.165, 1.54) is 15.6 Å². The molecule has 4 rings (SSSR count). The van der Waals surface area contributed by atoms with Gasteiger partial charge in [-0.25, -0.2) is 4.98 Å². The smallest absolute Gasteiger partial charge is 0.277 e.